The molecule has 8 nitrogen and oxygen atoms in total. The van der Waals surface area contributed by atoms with Crippen LogP contribution in [-0.2, 0) is 11.3 Å². The first-order valence-electron chi connectivity index (χ1n) is 6.36. The van der Waals surface area contributed by atoms with E-state index in [1.165, 1.54) is 6.92 Å². The monoisotopic (exact) mass is 318 g/mol. The van der Waals surface area contributed by atoms with Crippen LogP contribution in [0.4, 0.5) is 0 Å². The maximum Gasteiger partial charge on any atom is 0.225 e. The second-order valence-electron chi connectivity index (χ2n) is 4.33. The first-order chi connectivity index (χ1) is 10.6. The molecule has 0 aliphatic rings. The maximum atomic E-state index is 11.2. The predicted octanol–water partition coefficient (Wildman–Crippen LogP) is 0.0950. The fourth-order valence-electron chi connectivity index (χ4n) is 1.66. The van der Waals surface area contributed by atoms with Crippen LogP contribution in [0.25, 0.3) is 5.69 Å². The number of benzene rings is 1. The highest BCUT2D eigenvalue weighted by molar-refractivity contribution is 7.80. The number of hydrogen-bond donors (Lipinski definition) is 3. The lowest BCUT2D eigenvalue weighted by Gasteiger charge is -2.06. The van der Waals surface area contributed by atoms with Crippen molar-refractivity contribution in [3.63, 3.8) is 0 Å². The molecule has 9 heteroatoms. The number of ketones is 1. The van der Waals surface area contributed by atoms with Crippen LogP contribution in [-0.4, -0.2) is 32.3 Å². The Morgan fingerprint density at radius 3 is 2.73 bits per heavy atom. The summed E-state index contributed by atoms with van der Waals surface area (Å²) in [6.07, 6.45) is 2.22. The molecule has 1 heterocycles. The van der Waals surface area contributed by atoms with Gasteiger partial charge < -0.3 is 5.32 Å². The van der Waals surface area contributed by atoms with Crippen LogP contribution in [0.2, 0.25) is 0 Å². The van der Waals surface area contributed by atoms with Gasteiger partial charge in [-0.15, -0.1) is 5.10 Å². The molecule has 0 saturated carbocycles. The van der Waals surface area contributed by atoms with Crippen molar-refractivity contribution in [2.75, 3.05) is 0 Å². The molecule has 3 N–H and O–H groups in total. The van der Waals surface area contributed by atoms with Crippen molar-refractivity contribution in [1.29, 1.82) is 0 Å². The van der Waals surface area contributed by atoms with Crippen LogP contribution in [0, 0.1) is 0 Å². The molecule has 0 radical (unpaired) electrons. The summed E-state index contributed by atoms with van der Waals surface area (Å²) in [5.41, 5.74) is 6.81. The number of amides is 1. The fraction of sp³-hybridized carbons (Fsp3) is 0.154. The van der Waals surface area contributed by atoms with Gasteiger partial charge in [0.15, 0.2) is 10.9 Å². The first-order valence-corrected chi connectivity index (χ1v) is 6.76. The van der Waals surface area contributed by atoms with E-state index in [-0.39, 0.29) is 10.9 Å². The lowest BCUT2D eigenvalue weighted by Crippen LogP contribution is -2.42. The van der Waals surface area contributed by atoms with Crippen LogP contribution < -0.4 is 16.2 Å². The van der Waals surface area contributed by atoms with Gasteiger partial charge >= 0.3 is 0 Å². The molecule has 1 aromatic carbocycles. The van der Waals surface area contributed by atoms with E-state index in [4.69, 9.17) is 12.2 Å². The molecule has 0 saturated heterocycles. The van der Waals surface area contributed by atoms with E-state index in [0.29, 0.717) is 24.2 Å². The minimum atomic E-state index is 0.0139. The Kier molecular flexibility index (Phi) is 5.15. The van der Waals surface area contributed by atoms with E-state index in [1.54, 1.807) is 35.1 Å². The minimum absolute atomic E-state index is 0.0139. The number of hydrazine groups is 1. The van der Waals surface area contributed by atoms with Crippen molar-refractivity contribution < 1.29 is 9.59 Å². The minimum Gasteiger partial charge on any atom is -0.356 e. The molecule has 0 aliphatic carbocycles. The highest BCUT2D eigenvalue weighted by atomic mass is 32.1. The molecule has 0 bridgehead atoms. The topological polar surface area (TPSA) is 101 Å². The Hall–Kier alpha value is -2.81. The summed E-state index contributed by atoms with van der Waals surface area (Å²) in [6.45, 7) is 1.88. The molecule has 0 spiro atoms. The van der Waals surface area contributed by atoms with Gasteiger partial charge in [-0.25, -0.2) is 4.68 Å². The van der Waals surface area contributed by atoms with E-state index < -0.39 is 0 Å². The van der Waals surface area contributed by atoms with Crippen molar-refractivity contribution >= 4 is 29.5 Å². The largest absolute Gasteiger partial charge is 0.356 e. The van der Waals surface area contributed by atoms with Crippen molar-refractivity contribution in [2.45, 2.75) is 13.5 Å². The molecule has 1 aromatic heterocycles. The fourth-order valence-corrected chi connectivity index (χ4v) is 1.80. The molecule has 2 rings (SSSR count). The number of carbonyl (C=O) groups excluding carboxylic acids is 2. The summed E-state index contributed by atoms with van der Waals surface area (Å²) in [6, 6.07) is 7.06. The molecule has 0 atom stereocenters. The summed E-state index contributed by atoms with van der Waals surface area (Å²) < 4.78 is 1.60. The van der Waals surface area contributed by atoms with Crippen LogP contribution in [0.15, 0.2) is 30.5 Å². The Morgan fingerprint density at radius 1 is 1.36 bits per heavy atom. The third kappa shape index (κ3) is 4.09. The van der Waals surface area contributed by atoms with Gasteiger partial charge in [-0.3, -0.25) is 20.4 Å². The van der Waals surface area contributed by atoms with Gasteiger partial charge in [-0.2, -0.15) is 0 Å². The van der Waals surface area contributed by atoms with Crippen LogP contribution in [0.3, 0.4) is 0 Å². The highest BCUT2D eigenvalue weighted by Gasteiger charge is 2.05. The Balaban J connectivity index is 1.97. The molecule has 2 aromatic rings. The lowest BCUT2D eigenvalue weighted by atomic mass is 10.1. The number of carbonyl (C=O) groups is 2. The van der Waals surface area contributed by atoms with Crippen molar-refractivity contribution in [3.8, 4) is 5.69 Å². The van der Waals surface area contributed by atoms with E-state index in [0.717, 1.165) is 5.69 Å². The molecule has 0 unspecified atom stereocenters. The van der Waals surface area contributed by atoms with Gasteiger partial charge in [0.25, 0.3) is 0 Å². The average molecular weight is 318 g/mol. The van der Waals surface area contributed by atoms with Crippen LogP contribution in [0.1, 0.15) is 23.0 Å². The molecule has 0 aliphatic heterocycles. The zero-order chi connectivity index (χ0) is 15.9. The number of nitrogens with zero attached hydrogens (tertiary/aromatic N) is 3. The summed E-state index contributed by atoms with van der Waals surface area (Å²) in [4.78, 5) is 21.3. The Bertz CT molecular complexity index is 682. The standard InChI is InChI=1S/C13H14N6O2S/c1-9(21)10-2-4-12(5-3-10)19-7-11(16-18-19)6-14-13(22)17-15-8-20/h2-5,7-8H,6H2,1H3,(H,15,20)(H2,14,17,22). The highest BCUT2D eigenvalue weighted by Crippen LogP contribution is 2.09. The molecule has 114 valence electrons. The summed E-state index contributed by atoms with van der Waals surface area (Å²) in [5.74, 6) is 0.0139. The van der Waals surface area contributed by atoms with Crippen molar-refractivity contribution in [3.05, 3.63) is 41.7 Å². The maximum absolute atomic E-state index is 11.2. The zero-order valence-electron chi connectivity index (χ0n) is 11.7. The van der Waals surface area contributed by atoms with Gasteiger partial charge in [-0.05, 0) is 43.4 Å². The SMILES string of the molecule is CC(=O)c1ccc(-n2cc(CNC(=S)NNC=O)nn2)cc1. The molecule has 0 fully saturated rings. The normalized spacial score (nSPS) is 9.86. The predicted molar refractivity (Wildman–Crippen MR) is 83.1 cm³/mol. The lowest BCUT2D eigenvalue weighted by molar-refractivity contribution is -0.110. The molecular formula is C13H14N6O2S. The van der Waals surface area contributed by atoms with E-state index in [9.17, 15) is 9.59 Å². The summed E-state index contributed by atoms with van der Waals surface area (Å²) >= 11 is 4.93. The number of thiocarbonyl (C=S) groups is 1. The second-order valence-corrected chi connectivity index (χ2v) is 4.74. The number of rotatable bonds is 6. The summed E-state index contributed by atoms with van der Waals surface area (Å²) in [5, 5.41) is 11.1. The van der Waals surface area contributed by atoms with Gasteiger partial charge in [0.2, 0.25) is 6.41 Å². The zero-order valence-corrected chi connectivity index (χ0v) is 12.6. The first kappa shape index (κ1) is 15.6. The van der Waals surface area contributed by atoms with Crippen LogP contribution >= 0.6 is 12.2 Å². The number of aromatic nitrogens is 3. The Morgan fingerprint density at radius 2 is 2.09 bits per heavy atom. The van der Waals surface area contributed by atoms with Gasteiger partial charge in [0.05, 0.1) is 18.4 Å². The third-order valence-electron chi connectivity index (χ3n) is 2.75. The average Bonchev–Trinajstić information content (AvgIpc) is 3.00. The smallest absolute Gasteiger partial charge is 0.225 e. The third-order valence-corrected chi connectivity index (χ3v) is 3.00. The van der Waals surface area contributed by atoms with E-state index >= 15 is 0 Å². The molecular weight excluding hydrogens is 304 g/mol. The molecule has 1 amide bonds. The quantitative estimate of drug-likeness (QED) is 0.300. The van der Waals surface area contributed by atoms with Gasteiger partial charge in [-0.1, -0.05) is 5.21 Å². The van der Waals surface area contributed by atoms with Crippen LogP contribution in [0.5, 0.6) is 0 Å². The second kappa shape index (κ2) is 7.27. The van der Waals surface area contributed by atoms with Crippen molar-refractivity contribution in [2.24, 2.45) is 0 Å². The number of nitrogens with one attached hydrogen (secondary N) is 3. The van der Waals surface area contributed by atoms with Gasteiger partial charge in [0, 0.05) is 5.56 Å². The number of Topliss-reactive ketones (excluding diaryl/α,β-unsaturated/α-hetero) is 1. The molecule has 22 heavy (non-hydrogen) atoms. The number of hydrogen-bond acceptors (Lipinski definition) is 5. The van der Waals surface area contributed by atoms with Crippen molar-refractivity contribution in [1.82, 2.24) is 31.2 Å². The summed E-state index contributed by atoms with van der Waals surface area (Å²) in [7, 11) is 0. The Labute approximate surface area is 131 Å². The van der Waals surface area contributed by atoms with E-state index in [2.05, 4.69) is 26.5 Å². The van der Waals surface area contributed by atoms with Gasteiger partial charge in [0.1, 0.15) is 5.69 Å². The van der Waals surface area contributed by atoms with E-state index in [1.807, 2.05) is 0 Å².